The molecule has 0 radical (unpaired) electrons. The van der Waals surface area contributed by atoms with Crippen molar-refractivity contribution in [2.24, 2.45) is 0 Å². The van der Waals surface area contributed by atoms with Gasteiger partial charge in [-0.15, -0.1) is 0 Å². The number of rotatable bonds is 2. The van der Waals surface area contributed by atoms with E-state index in [9.17, 15) is 4.57 Å². The lowest BCUT2D eigenvalue weighted by Crippen LogP contribution is -2.31. The summed E-state index contributed by atoms with van der Waals surface area (Å²) in [5, 5.41) is 1.57. The van der Waals surface area contributed by atoms with Crippen LogP contribution in [0, 0.1) is 0 Å². The third-order valence-electron chi connectivity index (χ3n) is 1.24. The highest BCUT2D eigenvalue weighted by molar-refractivity contribution is 7.99. The minimum atomic E-state index is -3.32. The van der Waals surface area contributed by atoms with Crippen molar-refractivity contribution >= 4 is 19.4 Å². The molecule has 1 fully saturated rings. The summed E-state index contributed by atoms with van der Waals surface area (Å²) in [6.45, 7) is 2.68. The second-order valence-corrected chi connectivity index (χ2v) is 5.42. The van der Waals surface area contributed by atoms with Crippen LogP contribution in [0.2, 0.25) is 0 Å². The molecule has 1 aliphatic rings. The molecule has 1 heterocycles. The van der Waals surface area contributed by atoms with Gasteiger partial charge in [0.05, 0.1) is 0 Å². The van der Waals surface area contributed by atoms with Crippen LogP contribution in [0.25, 0.3) is 0 Å². The molecule has 0 aromatic rings. The lowest BCUT2D eigenvalue weighted by atomic mass is 10.6. The molecule has 4 nitrogen and oxygen atoms in total. The van der Waals surface area contributed by atoms with Gasteiger partial charge in [-0.2, -0.15) is 16.8 Å². The first-order valence-electron chi connectivity index (χ1n) is 3.40. The monoisotopic (exact) mass is 197 g/mol. The molecule has 1 aliphatic heterocycles. The SMILES string of the molecule is CP(=O)(O)ON1CCSCC1. The molecule has 66 valence electrons. The Labute approximate surface area is 70.4 Å². The first-order chi connectivity index (χ1) is 5.08. The van der Waals surface area contributed by atoms with E-state index in [2.05, 4.69) is 0 Å². The molecule has 0 bridgehead atoms. The fourth-order valence-electron chi connectivity index (χ4n) is 0.842. The third-order valence-corrected chi connectivity index (χ3v) is 2.71. The van der Waals surface area contributed by atoms with Crippen LogP contribution in [0.15, 0.2) is 0 Å². The van der Waals surface area contributed by atoms with Crippen molar-refractivity contribution in [1.82, 2.24) is 5.06 Å². The van der Waals surface area contributed by atoms with Gasteiger partial charge in [0.1, 0.15) is 0 Å². The summed E-state index contributed by atoms with van der Waals surface area (Å²) < 4.78 is 15.6. The summed E-state index contributed by atoms with van der Waals surface area (Å²) in [5.41, 5.74) is 0. The molecule has 6 heteroatoms. The number of hydrogen-bond donors (Lipinski definition) is 1. The maximum atomic E-state index is 10.8. The first kappa shape index (κ1) is 9.55. The summed E-state index contributed by atoms with van der Waals surface area (Å²) in [6.07, 6.45) is 0. The zero-order valence-corrected chi connectivity index (χ0v) is 8.11. The summed E-state index contributed by atoms with van der Waals surface area (Å²) in [5.74, 6) is 1.94. The number of nitrogens with zero attached hydrogens (tertiary/aromatic N) is 1. The Morgan fingerprint density at radius 3 is 2.55 bits per heavy atom. The third kappa shape index (κ3) is 4.13. The van der Waals surface area contributed by atoms with E-state index in [1.54, 1.807) is 5.06 Å². The predicted octanol–water partition coefficient (Wildman–Crippen LogP) is 0.782. The molecule has 0 spiro atoms. The summed E-state index contributed by atoms with van der Waals surface area (Å²) in [4.78, 5) is 8.85. The molecule has 0 aliphatic carbocycles. The smallest absolute Gasteiger partial charge is 0.324 e. The van der Waals surface area contributed by atoms with Gasteiger partial charge >= 0.3 is 7.60 Å². The van der Waals surface area contributed by atoms with Crippen molar-refractivity contribution in [3.8, 4) is 0 Å². The average molecular weight is 197 g/mol. The maximum absolute atomic E-state index is 10.8. The largest absolute Gasteiger partial charge is 0.341 e. The molecule has 0 aromatic carbocycles. The van der Waals surface area contributed by atoms with E-state index < -0.39 is 7.60 Å². The quantitative estimate of drug-likeness (QED) is 0.663. The van der Waals surface area contributed by atoms with Crippen molar-refractivity contribution in [1.29, 1.82) is 0 Å². The van der Waals surface area contributed by atoms with E-state index in [-0.39, 0.29) is 0 Å². The molecule has 0 saturated carbocycles. The van der Waals surface area contributed by atoms with Crippen LogP contribution in [0.5, 0.6) is 0 Å². The molecule has 1 N–H and O–H groups in total. The molecular weight excluding hydrogens is 185 g/mol. The first-order valence-corrected chi connectivity index (χ1v) is 6.58. The van der Waals surface area contributed by atoms with Gasteiger partial charge in [-0.3, -0.25) is 4.57 Å². The van der Waals surface area contributed by atoms with Crippen LogP contribution in [0.4, 0.5) is 0 Å². The van der Waals surface area contributed by atoms with Gasteiger partial charge in [0.15, 0.2) is 0 Å². The fourth-order valence-corrected chi connectivity index (χ4v) is 2.30. The molecule has 1 unspecified atom stereocenters. The molecule has 1 saturated heterocycles. The Hall–Kier alpha value is 0.460. The van der Waals surface area contributed by atoms with Gasteiger partial charge in [-0.1, -0.05) is 0 Å². The molecule has 1 atom stereocenters. The van der Waals surface area contributed by atoms with Gasteiger partial charge in [0, 0.05) is 31.3 Å². The minimum Gasteiger partial charge on any atom is -0.324 e. The van der Waals surface area contributed by atoms with Gasteiger partial charge in [-0.25, -0.2) is 4.62 Å². The van der Waals surface area contributed by atoms with E-state index >= 15 is 0 Å². The highest BCUT2D eigenvalue weighted by Crippen LogP contribution is 2.38. The Morgan fingerprint density at radius 2 is 2.09 bits per heavy atom. The van der Waals surface area contributed by atoms with Gasteiger partial charge in [0.25, 0.3) is 0 Å². The Kier molecular flexibility index (Phi) is 3.40. The van der Waals surface area contributed by atoms with E-state index in [0.717, 1.165) is 24.6 Å². The Morgan fingerprint density at radius 1 is 1.55 bits per heavy atom. The highest BCUT2D eigenvalue weighted by atomic mass is 32.2. The van der Waals surface area contributed by atoms with E-state index in [1.807, 2.05) is 11.8 Å². The lowest BCUT2D eigenvalue weighted by Gasteiger charge is -2.25. The van der Waals surface area contributed by atoms with Crippen LogP contribution < -0.4 is 0 Å². The van der Waals surface area contributed by atoms with Crippen LogP contribution in [-0.4, -0.2) is 41.2 Å². The van der Waals surface area contributed by atoms with Crippen molar-refractivity contribution in [2.75, 3.05) is 31.3 Å². The van der Waals surface area contributed by atoms with Crippen molar-refractivity contribution < 1.29 is 14.1 Å². The predicted molar refractivity (Wildman–Crippen MR) is 45.7 cm³/mol. The molecule has 1 rings (SSSR count). The van der Waals surface area contributed by atoms with Crippen LogP contribution >= 0.6 is 19.4 Å². The van der Waals surface area contributed by atoms with Crippen molar-refractivity contribution in [3.05, 3.63) is 0 Å². The number of hydrogen-bond acceptors (Lipinski definition) is 4. The van der Waals surface area contributed by atoms with E-state index in [0.29, 0.717) is 0 Å². The zero-order chi connectivity index (χ0) is 8.32. The van der Waals surface area contributed by atoms with E-state index in [1.165, 1.54) is 6.66 Å². The summed E-state index contributed by atoms with van der Waals surface area (Å²) in [7, 11) is -3.32. The van der Waals surface area contributed by atoms with Crippen molar-refractivity contribution in [2.45, 2.75) is 0 Å². The molecule has 0 amide bonds. The Balaban J connectivity index is 2.30. The highest BCUT2D eigenvalue weighted by Gasteiger charge is 2.19. The average Bonchev–Trinajstić information content (AvgIpc) is 1.85. The number of thioether (sulfide) groups is 1. The van der Waals surface area contributed by atoms with E-state index in [4.69, 9.17) is 9.52 Å². The summed E-state index contributed by atoms with van der Waals surface area (Å²) >= 11 is 1.83. The molecule has 11 heavy (non-hydrogen) atoms. The summed E-state index contributed by atoms with van der Waals surface area (Å²) in [6, 6.07) is 0. The Bertz CT molecular complexity index is 165. The van der Waals surface area contributed by atoms with Crippen LogP contribution in [0.1, 0.15) is 0 Å². The van der Waals surface area contributed by atoms with Gasteiger partial charge in [-0.05, 0) is 0 Å². The normalized spacial score (nSPS) is 26.4. The maximum Gasteiger partial charge on any atom is 0.341 e. The van der Waals surface area contributed by atoms with Gasteiger partial charge < -0.3 is 4.89 Å². The van der Waals surface area contributed by atoms with Crippen LogP contribution in [0.3, 0.4) is 0 Å². The fraction of sp³-hybridized carbons (Fsp3) is 1.00. The molecular formula is C5H12NO3PS. The zero-order valence-electron chi connectivity index (χ0n) is 6.39. The second-order valence-electron chi connectivity index (χ2n) is 2.43. The standard InChI is InChI=1S/C5H12NO3PS/c1-10(7,8)9-6-2-4-11-5-3-6/h2-5H2,1H3,(H,7,8). The van der Waals surface area contributed by atoms with Crippen molar-refractivity contribution in [3.63, 3.8) is 0 Å². The minimum absolute atomic E-state index is 0.739. The number of hydroxylamine groups is 2. The van der Waals surface area contributed by atoms with Crippen LogP contribution in [-0.2, 0) is 9.19 Å². The van der Waals surface area contributed by atoms with Gasteiger partial charge in [0.2, 0.25) is 0 Å². The lowest BCUT2D eigenvalue weighted by molar-refractivity contribution is -0.0565. The molecule has 0 aromatic heterocycles. The topological polar surface area (TPSA) is 49.8 Å². The second kappa shape index (κ2) is 3.92.